The van der Waals surface area contributed by atoms with Gasteiger partial charge in [-0.2, -0.15) is 0 Å². The Bertz CT molecular complexity index is 570. The van der Waals surface area contributed by atoms with E-state index in [1.165, 1.54) is 0 Å². The molecule has 0 aliphatic rings. The Morgan fingerprint density at radius 1 is 1.12 bits per heavy atom. The number of aromatic nitrogens is 3. The van der Waals surface area contributed by atoms with Crippen molar-refractivity contribution < 1.29 is 0 Å². The van der Waals surface area contributed by atoms with E-state index in [2.05, 4.69) is 23.8 Å². The van der Waals surface area contributed by atoms with Gasteiger partial charge in [-0.1, -0.05) is 13.8 Å². The van der Waals surface area contributed by atoms with E-state index >= 15 is 0 Å². The Morgan fingerprint density at radius 3 is 2.29 bits per heavy atom. The molecule has 2 aromatic rings. The quantitative estimate of drug-likeness (QED) is 0.791. The second kappa shape index (κ2) is 4.49. The van der Waals surface area contributed by atoms with Crippen molar-refractivity contribution in [2.75, 3.05) is 0 Å². The highest BCUT2D eigenvalue weighted by Crippen LogP contribution is 2.17. The van der Waals surface area contributed by atoms with Crippen molar-refractivity contribution in [1.82, 2.24) is 14.5 Å². The molecule has 4 heteroatoms. The van der Waals surface area contributed by atoms with E-state index in [1.807, 2.05) is 0 Å². The zero-order valence-electron chi connectivity index (χ0n) is 10.2. The molecule has 0 saturated carbocycles. The van der Waals surface area contributed by atoms with E-state index in [1.54, 1.807) is 42.3 Å². The maximum atomic E-state index is 11.3. The molecular weight excluding hydrogens is 214 g/mol. The molecule has 0 N–H and O–H groups in total. The van der Waals surface area contributed by atoms with Gasteiger partial charge in [0.05, 0.1) is 0 Å². The van der Waals surface area contributed by atoms with Crippen molar-refractivity contribution in [1.29, 1.82) is 0 Å². The minimum Gasteiger partial charge on any atom is -0.318 e. The first-order valence-corrected chi connectivity index (χ1v) is 5.57. The fourth-order valence-electron chi connectivity index (χ4n) is 1.55. The lowest BCUT2D eigenvalue weighted by Crippen LogP contribution is -2.14. The number of nitrogens with zero attached hydrogens (tertiary/aromatic N) is 3. The molecule has 0 aromatic carbocycles. The topological polar surface area (TPSA) is 47.8 Å². The Labute approximate surface area is 100.0 Å². The molecule has 88 valence electrons. The first-order chi connectivity index (χ1) is 8.08. The molecule has 0 unspecified atom stereocenters. The predicted octanol–water partition coefficient (Wildman–Crippen LogP) is 1.97. The van der Waals surface area contributed by atoms with E-state index in [0.29, 0.717) is 5.92 Å². The zero-order chi connectivity index (χ0) is 12.4. The van der Waals surface area contributed by atoms with Gasteiger partial charge in [-0.3, -0.25) is 4.79 Å². The van der Waals surface area contributed by atoms with Gasteiger partial charge in [0, 0.05) is 48.7 Å². The highest BCUT2D eigenvalue weighted by atomic mass is 16.1. The lowest BCUT2D eigenvalue weighted by Gasteiger charge is -2.06. The predicted molar refractivity (Wildman–Crippen MR) is 66.8 cm³/mol. The highest BCUT2D eigenvalue weighted by Gasteiger charge is 2.04. The summed E-state index contributed by atoms with van der Waals surface area (Å²) in [6.07, 6.45) is 5.38. The molecule has 0 atom stereocenters. The van der Waals surface area contributed by atoms with Crippen LogP contribution in [-0.4, -0.2) is 14.5 Å². The smallest absolute Gasteiger partial charge is 0.250 e. The van der Waals surface area contributed by atoms with Gasteiger partial charge in [-0.25, -0.2) is 9.97 Å². The third-order valence-electron chi connectivity index (χ3n) is 2.61. The third kappa shape index (κ3) is 2.41. The summed E-state index contributed by atoms with van der Waals surface area (Å²) >= 11 is 0. The number of aryl methyl sites for hydroxylation is 1. The molecule has 0 fully saturated rings. The van der Waals surface area contributed by atoms with Crippen LogP contribution in [0.2, 0.25) is 0 Å². The summed E-state index contributed by atoms with van der Waals surface area (Å²) in [5, 5.41) is 0. The van der Waals surface area contributed by atoms with E-state index in [4.69, 9.17) is 0 Å². The summed E-state index contributed by atoms with van der Waals surface area (Å²) in [5.74, 6) is 1.16. The molecule has 2 aromatic heterocycles. The second-order valence-corrected chi connectivity index (χ2v) is 4.35. The molecule has 0 aliphatic carbocycles. The summed E-state index contributed by atoms with van der Waals surface area (Å²) in [7, 11) is 1.73. The Balaban J connectivity index is 2.39. The van der Waals surface area contributed by atoms with Crippen LogP contribution in [0.3, 0.4) is 0 Å². The van der Waals surface area contributed by atoms with Crippen molar-refractivity contribution in [2.45, 2.75) is 19.8 Å². The molecule has 2 rings (SSSR count). The van der Waals surface area contributed by atoms with E-state index in [-0.39, 0.29) is 5.56 Å². The summed E-state index contributed by atoms with van der Waals surface area (Å²) in [4.78, 5) is 19.9. The van der Waals surface area contributed by atoms with Crippen molar-refractivity contribution in [3.8, 4) is 11.1 Å². The summed E-state index contributed by atoms with van der Waals surface area (Å²) < 4.78 is 1.55. The molecular formula is C13H15N3O. The highest BCUT2D eigenvalue weighted by molar-refractivity contribution is 5.60. The van der Waals surface area contributed by atoms with Gasteiger partial charge in [0.2, 0.25) is 5.56 Å². The molecule has 0 amide bonds. The normalized spacial score (nSPS) is 10.8. The minimum absolute atomic E-state index is 0.0199. The van der Waals surface area contributed by atoms with Gasteiger partial charge in [-0.05, 0) is 6.07 Å². The number of hydrogen-bond donors (Lipinski definition) is 0. The molecule has 17 heavy (non-hydrogen) atoms. The van der Waals surface area contributed by atoms with Crippen LogP contribution in [0, 0.1) is 0 Å². The third-order valence-corrected chi connectivity index (χ3v) is 2.61. The molecule has 0 spiro atoms. The maximum Gasteiger partial charge on any atom is 0.250 e. The standard InChI is InChI=1S/C13H15N3O/c1-9(2)13-14-6-11(7-15-13)10-4-5-12(17)16(3)8-10/h4-9H,1-3H3. The second-order valence-electron chi connectivity index (χ2n) is 4.35. The van der Waals surface area contributed by atoms with E-state index < -0.39 is 0 Å². The Morgan fingerprint density at radius 2 is 1.76 bits per heavy atom. The van der Waals surface area contributed by atoms with Crippen LogP contribution in [0.1, 0.15) is 25.6 Å². The Hall–Kier alpha value is -1.97. The molecule has 0 radical (unpaired) electrons. The lowest BCUT2D eigenvalue weighted by atomic mass is 10.1. The average molecular weight is 229 g/mol. The maximum absolute atomic E-state index is 11.3. The van der Waals surface area contributed by atoms with Crippen LogP contribution in [0.4, 0.5) is 0 Å². The molecule has 0 bridgehead atoms. The first-order valence-electron chi connectivity index (χ1n) is 5.57. The largest absolute Gasteiger partial charge is 0.318 e. The molecule has 0 saturated heterocycles. The van der Waals surface area contributed by atoms with E-state index in [0.717, 1.165) is 17.0 Å². The Kier molecular flexibility index (Phi) is 3.04. The SMILES string of the molecule is CC(C)c1ncc(-c2ccc(=O)n(C)c2)cn1. The van der Waals surface area contributed by atoms with Crippen molar-refractivity contribution in [3.05, 3.63) is 46.9 Å². The average Bonchev–Trinajstić information content (AvgIpc) is 2.33. The van der Waals surface area contributed by atoms with Crippen molar-refractivity contribution in [2.24, 2.45) is 7.05 Å². The summed E-state index contributed by atoms with van der Waals surface area (Å²) in [6.45, 7) is 4.11. The molecule has 0 aliphatic heterocycles. The fraction of sp³-hybridized carbons (Fsp3) is 0.308. The zero-order valence-corrected chi connectivity index (χ0v) is 10.2. The fourth-order valence-corrected chi connectivity index (χ4v) is 1.55. The van der Waals surface area contributed by atoms with Crippen LogP contribution >= 0.6 is 0 Å². The number of rotatable bonds is 2. The van der Waals surface area contributed by atoms with E-state index in [9.17, 15) is 4.79 Å². The van der Waals surface area contributed by atoms with Crippen LogP contribution in [0.15, 0.2) is 35.5 Å². The van der Waals surface area contributed by atoms with Crippen molar-refractivity contribution >= 4 is 0 Å². The van der Waals surface area contributed by atoms with Gasteiger partial charge in [-0.15, -0.1) is 0 Å². The van der Waals surface area contributed by atoms with Gasteiger partial charge >= 0.3 is 0 Å². The van der Waals surface area contributed by atoms with Gasteiger partial charge in [0.1, 0.15) is 5.82 Å². The van der Waals surface area contributed by atoms with Crippen molar-refractivity contribution in [3.63, 3.8) is 0 Å². The van der Waals surface area contributed by atoms with Crippen LogP contribution < -0.4 is 5.56 Å². The first kappa shape index (κ1) is 11.5. The van der Waals surface area contributed by atoms with Gasteiger partial charge in [0.15, 0.2) is 0 Å². The molecule has 4 nitrogen and oxygen atoms in total. The monoisotopic (exact) mass is 229 g/mol. The summed E-state index contributed by atoms with van der Waals surface area (Å²) in [5.41, 5.74) is 1.85. The summed E-state index contributed by atoms with van der Waals surface area (Å²) in [6, 6.07) is 3.34. The minimum atomic E-state index is -0.0199. The van der Waals surface area contributed by atoms with Crippen LogP contribution in [0.25, 0.3) is 11.1 Å². The van der Waals surface area contributed by atoms with Gasteiger partial charge < -0.3 is 4.57 Å². The lowest BCUT2D eigenvalue weighted by molar-refractivity contribution is 0.774. The van der Waals surface area contributed by atoms with Gasteiger partial charge in [0.25, 0.3) is 0 Å². The van der Waals surface area contributed by atoms with Crippen LogP contribution in [0.5, 0.6) is 0 Å². The number of pyridine rings is 1. The van der Waals surface area contributed by atoms with Crippen LogP contribution in [-0.2, 0) is 7.05 Å². The molecule has 2 heterocycles. The number of hydrogen-bond acceptors (Lipinski definition) is 3.